The average molecular weight is 395 g/mol. The molecule has 0 saturated carbocycles. The summed E-state index contributed by atoms with van der Waals surface area (Å²) < 4.78 is 27.5. The fraction of sp³-hybridized carbons (Fsp3) is 0.600. The van der Waals surface area contributed by atoms with Crippen LogP contribution in [0.2, 0.25) is 5.02 Å². The average Bonchev–Trinajstić information content (AvgIpc) is 2.82. The zero-order chi connectivity index (χ0) is 19.8. The highest BCUT2D eigenvalue weighted by Crippen LogP contribution is 2.40. The molecule has 0 amide bonds. The van der Waals surface area contributed by atoms with E-state index in [4.69, 9.17) is 26.6 Å². The quantitative estimate of drug-likeness (QED) is 0.782. The Hall–Kier alpha value is -0.915. The van der Waals surface area contributed by atoms with Crippen LogP contribution in [0.4, 0.5) is 4.39 Å². The second-order valence-electron chi connectivity index (χ2n) is 8.54. The molecule has 7 heteroatoms. The van der Waals surface area contributed by atoms with Crippen molar-refractivity contribution in [3.05, 3.63) is 40.6 Å². The maximum absolute atomic E-state index is 15.6. The Morgan fingerprint density at radius 1 is 1.15 bits per heavy atom. The molecule has 2 aliphatic rings. The molecule has 4 nitrogen and oxygen atoms in total. The Bertz CT molecular complexity index is 684. The Morgan fingerprint density at radius 3 is 2.19 bits per heavy atom. The first kappa shape index (κ1) is 20.8. The largest absolute Gasteiger partial charge is 0.525 e. The first-order valence-electron chi connectivity index (χ1n) is 9.57. The molecule has 2 saturated heterocycles. The Balaban J connectivity index is 1.91. The molecule has 1 aromatic carbocycles. The predicted molar refractivity (Wildman–Crippen MR) is 109 cm³/mol. The van der Waals surface area contributed by atoms with Crippen LogP contribution in [0.25, 0.3) is 5.57 Å². The summed E-state index contributed by atoms with van der Waals surface area (Å²) in [6.07, 6.45) is 1.85. The number of nitrogens with zero attached hydrogens (tertiary/aromatic N) is 1. The van der Waals surface area contributed by atoms with Gasteiger partial charge in [0.15, 0.2) is 0 Å². The lowest BCUT2D eigenvalue weighted by atomic mass is 9.82. The highest BCUT2D eigenvalue weighted by Gasteiger charge is 2.53. The Morgan fingerprint density at radius 2 is 1.67 bits per heavy atom. The van der Waals surface area contributed by atoms with Gasteiger partial charge in [0.2, 0.25) is 0 Å². The van der Waals surface area contributed by atoms with Crippen LogP contribution in [-0.2, 0) is 9.31 Å². The zero-order valence-corrected chi connectivity index (χ0v) is 17.4. The normalized spacial score (nSPS) is 24.2. The second kappa shape index (κ2) is 7.84. The number of halogens is 2. The van der Waals surface area contributed by atoms with Crippen molar-refractivity contribution in [1.29, 1.82) is 0 Å². The number of benzene rings is 1. The van der Waals surface area contributed by atoms with Gasteiger partial charge in [-0.2, -0.15) is 0 Å². The topological polar surface area (TPSA) is 47.7 Å². The van der Waals surface area contributed by atoms with Crippen molar-refractivity contribution in [3.63, 3.8) is 0 Å². The first-order valence-corrected chi connectivity index (χ1v) is 9.95. The molecule has 2 N–H and O–H groups in total. The van der Waals surface area contributed by atoms with Crippen LogP contribution in [-0.4, -0.2) is 48.9 Å². The summed E-state index contributed by atoms with van der Waals surface area (Å²) in [6.45, 7) is 9.90. The third kappa shape index (κ3) is 4.57. The van der Waals surface area contributed by atoms with Crippen molar-refractivity contribution in [2.45, 2.75) is 57.8 Å². The Labute approximate surface area is 167 Å². The predicted octanol–water partition coefficient (Wildman–Crippen LogP) is 4.08. The molecular formula is C20H29BClFN2O2. The molecule has 27 heavy (non-hydrogen) atoms. The molecule has 2 fully saturated rings. The minimum Gasteiger partial charge on any atom is -0.398 e. The minimum absolute atomic E-state index is 0.233. The summed E-state index contributed by atoms with van der Waals surface area (Å²) >= 11 is 6.02. The lowest BCUT2D eigenvalue weighted by Crippen LogP contribution is -2.41. The molecule has 0 aliphatic carbocycles. The van der Waals surface area contributed by atoms with Crippen molar-refractivity contribution >= 4 is 24.3 Å². The lowest BCUT2D eigenvalue weighted by molar-refractivity contribution is 0.00578. The number of rotatable bonds is 4. The van der Waals surface area contributed by atoms with Crippen molar-refractivity contribution in [3.8, 4) is 0 Å². The van der Waals surface area contributed by atoms with Crippen LogP contribution in [0.3, 0.4) is 0 Å². The summed E-state index contributed by atoms with van der Waals surface area (Å²) in [5.74, 6) is 0. The number of hydrogen-bond donors (Lipinski definition) is 1. The lowest BCUT2D eigenvalue weighted by Gasteiger charge is -2.32. The molecule has 0 unspecified atom stereocenters. The van der Waals surface area contributed by atoms with Gasteiger partial charge >= 0.3 is 7.12 Å². The summed E-state index contributed by atoms with van der Waals surface area (Å²) in [5.41, 5.74) is 5.84. The first-order chi connectivity index (χ1) is 12.6. The van der Waals surface area contributed by atoms with Gasteiger partial charge in [-0.3, -0.25) is 4.90 Å². The van der Waals surface area contributed by atoms with Gasteiger partial charge < -0.3 is 15.0 Å². The fourth-order valence-corrected chi connectivity index (χ4v) is 3.51. The summed E-state index contributed by atoms with van der Waals surface area (Å²) in [5, 5.41) is 0.623. The summed E-state index contributed by atoms with van der Waals surface area (Å²) in [4.78, 5) is 2.23. The molecule has 3 rings (SSSR count). The fourth-order valence-electron chi connectivity index (χ4n) is 3.38. The molecule has 0 atom stereocenters. The molecule has 0 spiro atoms. The van der Waals surface area contributed by atoms with E-state index in [-0.39, 0.29) is 11.8 Å². The summed E-state index contributed by atoms with van der Waals surface area (Å²) in [7, 11) is -1.01. The van der Waals surface area contributed by atoms with E-state index in [1.165, 1.54) is 0 Å². The molecule has 0 bridgehead atoms. The van der Waals surface area contributed by atoms with Crippen LogP contribution in [0.5, 0.6) is 0 Å². The maximum atomic E-state index is 15.6. The van der Waals surface area contributed by atoms with Gasteiger partial charge in [-0.15, -0.1) is 0 Å². The van der Waals surface area contributed by atoms with E-state index in [1.54, 1.807) is 12.1 Å². The van der Waals surface area contributed by atoms with Gasteiger partial charge in [0.25, 0.3) is 0 Å². The number of likely N-dealkylation sites (tertiary alicyclic amines) is 1. The molecule has 2 heterocycles. The molecule has 1 aromatic rings. The van der Waals surface area contributed by atoms with Gasteiger partial charge in [0.05, 0.1) is 11.2 Å². The molecular weight excluding hydrogens is 365 g/mol. The zero-order valence-electron chi connectivity index (χ0n) is 16.6. The molecule has 2 aliphatic heterocycles. The van der Waals surface area contributed by atoms with Crippen LogP contribution in [0.1, 0.15) is 46.1 Å². The van der Waals surface area contributed by atoms with Crippen molar-refractivity contribution in [2.75, 3.05) is 19.6 Å². The molecule has 0 aromatic heterocycles. The van der Waals surface area contributed by atoms with E-state index in [9.17, 15) is 0 Å². The number of piperidine rings is 1. The third-order valence-electron chi connectivity index (χ3n) is 5.96. The van der Waals surface area contributed by atoms with E-state index in [0.717, 1.165) is 31.5 Å². The highest BCUT2D eigenvalue weighted by atomic mass is 35.5. The monoisotopic (exact) mass is 394 g/mol. The van der Waals surface area contributed by atoms with Crippen LogP contribution in [0, 0.1) is 0 Å². The van der Waals surface area contributed by atoms with E-state index in [2.05, 4.69) is 4.90 Å². The van der Waals surface area contributed by atoms with Gasteiger partial charge in [-0.1, -0.05) is 23.7 Å². The van der Waals surface area contributed by atoms with Crippen LogP contribution in [0.15, 0.2) is 30.0 Å². The van der Waals surface area contributed by atoms with Gasteiger partial charge in [0.1, 0.15) is 5.73 Å². The maximum Gasteiger partial charge on any atom is 0.525 e. The van der Waals surface area contributed by atoms with E-state index in [0.29, 0.717) is 17.1 Å². The van der Waals surface area contributed by atoms with Crippen molar-refractivity contribution < 1.29 is 13.7 Å². The highest BCUT2D eigenvalue weighted by molar-refractivity contribution is 6.55. The van der Waals surface area contributed by atoms with Gasteiger partial charge in [-0.05, 0) is 71.3 Å². The Kier molecular flexibility index (Phi) is 6.04. The molecule has 0 radical (unpaired) electrons. The number of hydrogen-bond acceptors (Lipinski definition) is 4. The van der Waals surface area contributed by atoms with Crippen molar-refractivity contribution in [1.82, 2.24) is 4.90 Å². The molecule has 148 valence electrons. The van der Waals surface area contributed by atoms with Gasteiger partial charge in [-0.25, -0.2) is 4.39 Å². The van der Waals surface area contributed by atoms with E-state index in [1.807, 2.05) is 39.8 Å². The minimum atomic E-state index is -1.01. The van der Waals surface area contributed by atoms with Crippen LogP contribution < -0.4 is 5.73 Å². The second-order valence-corrected chi connectivity index (χ2v) is 8.97. The standard InChI is InChI=1S/C20H29BClFN2O2/c1-19(2)20(3,4)27-21(26-19)18(23)17(14-5-7-15(22)8-6-14)13-25-11-9-16(24)10-12-25/h5-8,16H,9-13,24H2,1-4H3. The van der Waals surface area contributed by atoms with Crippen molar-refractivity contribution in [2.24, 2.45) is 5.73 Å². The SMILES string of the molecule is CC1(C)OB(C(F)=C(CN2CCC(N)CC2)c2ccc(Cl)cc2)OC1(C)C. The van der Waals surface area contributed by atoms with E-state index >= 15 is 4.39 Å². The summed E-state index contributed by atoms with van der Waals surface area (Å²) in [6, 6.07) is 7.48. The third-order valence-corrected chi connectivity index (χ3v) is 6.21. The van der Waals surface area contributed by atoms with E-state index < -0.39 is 18.3 Å². The van der Waals surface area contributed by atoms with Crippen LogP contribution >= 0.6 is 11.6 Å². The number of nitrogens with two attached hydrogens (primary N) is 1. The van der Waals surface area contributed by atoms with Gasteiger partial charge in [0, 0.05) is 23.2 Å². The smallest absolute Gasteiger partial charge is 0.398 e.